The highest BCUT2D eigenvalue weighted by Gasteiger charge is 2.15. The van der Waals surface area contributed by atoms with Crippen LogP contribution in [0.1, 0.15) is 31.9 Å². The van der Waals surface area contributed by atoms with Crippen LogP contribution < -0.4 is 20.1 Å². The minimum absolute atomic E-state index is 0.0128. The summed E-state index contributed by atoms with van der Waals surface area (Å²) in [4.78, 5) is 12.2. The summed E-state index contributed by atoms with van der Waals surface area (Å²) in [6, 6.07) is 20.2. The van der Waals surface area contributed by atoms with E-state index < -0.39 is 0 Å². The molecular formula is C25H30N2O3. The van der Waals surface area contributed by atoms with Crippen LogP contribution in [0.15, 0.2) is 60.7 Å². The highest BCUT2D eigenvalue weighted by Crippen LogP contribution is 2.28. The lowest BCUT2D eigenvalue weighted by atomic mass is 10.0. The molecule has 2 N–H and O–H groups in total. The third kappa shape index (κ3) is 5.97. The molecule has 3 aromatic carbocycles. The fraction of sp³-hybridized carbons (Fsp3) is 0.320. The minimum atomic E-state index is -0.285. The number of hydrogen-bond donors (Lipinski definition) is 2. The van der Waals surface area contributed by atoms with Crippen LogP contribution in [0.3, 0.4) is 0 Å². The molecule has 0 bridgehead atoms. The number of benzene rings is 3. The van der Waals surface area contributed by atoms with Gasteiger partial charge in [0.1, 0.15) is 11.5 Å². The first-order chi connectivity index (χ1) is 14.4. The number of carbonyl (C=O) groups excluding carboxylic acids is 1. The smallest absolute Gasteiger partial charge is 0.258 e. The van der Waals surface area contributed by atoms with Crippen molar-refractivity contribution >= 4 is 16.7 Å². The average molecular weight is 407 g/mol. The highest BCUT2D eigenvalue weighted by molar-refractivity contribution is 5.88. The summed E-state index contributed by atoms with van der Waals surface area (Å²) in [5.74, 6) is 1.44. The zero-order valence-corrected chi connectivity index (χ0v) is 18.1. The predicted molar refractivity (Wildman–Crippen MR) is 121 cm³/mol. The van der Waals surface area contributed by atoms with Gasteiger partial charge in [0.05, 0.1) is 7.11 Å². The van der Waals surface area contributed by atoms with Crippen LogP contribution in [0, 0.1) is 0 Å². The molecule has 0 atom stereocenters. The number of amides is 1. The molecule has 5 heteroatoms. The van der Waals surface area contributed by atoms with E-state index >= 15 is 0 Å². The molecular weight excluding hydrogens is 376 g/mol. The number of methoxy groups -OCH3 is 1. The first-order valence-electron chi connectivity index (χ1n) is 10.1. The lowest BCUT2D eigenvalue weighted by Crippen LogP contribution is -2.43. The number of carbonyl (C=O) groups is 1. The van der Waals surface area contributed by atoms with Crippen LogP contribution in [0.25, 0.3) is 10.8 Å². The van der Waals surface area contributed by atoms with Crippen molar-refractivity contribution in [3.8, 4) is 11.5 Å². The molecule has 0 spiro atoms. The highest BCUT2D eigenvalue weighted by atomic mass is 16.5. The summed E-state index contributed by atoms with van der Waals surface area (Å²) in [5.41, 5.74) is 1.93. The zero-order valence-electron chi connectivity index (χ0n) is 18.1. The van der Waals surface area contributed by atoms with Gasteiger partial charge in [-0.1, -0.05) is 42.5 Å². The van der Waals surface area contributed by atoms with E-state index in [1.54, 1.807) is 7.11 Å². The van der Waals surface area contributed by atoms with Crippen molar-refractivity contribution < 1.29 is 14.3 Å². The molecule has 3 rings (SSSR count). The maximum Gasteiger partial charge on any atom is 0.258 e. The Morgan fingerprint density at radius 2 is 1.67 bits per heavy atom. The molecule has 3 aromatic rings. The molecule has 0 unspecified atom stereocenters. The van der Waals surface area contributed by atoms with E-state index in [1.807, 2.05) is 69.3 Å². The van der Waals surface area contributed by atoms with E-state index in [-0.39, 0.29) is 18.1 Å². The van der Waals surface area contributed by atoms with Crippen molar-refractivity contribution in [3.05, 3.63) is 71.8 Å². The number of rotatable bonds is 8. The van der Waals surface area contributed by atoms with Gasteiger partial charge in [-0.05, 0) is 55.3 Å². The Morgan fingerprint density at radius 1 is 0.933 bits per heavy atom. The van der Waals surface area contributed by atoms with Gasteiger partial charge in [0.15, 0.2) is 6.61 Å². The minimum Gasteiger partial charge on any atom is -0.497 e. The van der Waals surface area contributed by atoms with Crippen molar-refractivity contribution in [3.63, 3.8) is 0 Å². The van der Waals surface area contributed by atoms with Crippen LogP contribution in [0.2, 0.25) is 0 Å². The van der Waals surface area contributed by atoms with Gasteiger partial charge in [-0.25, -0.2) is 0 Å². The largest absolute Gasteiger partial charge is 0.497 e. The van der Waals surface area contributed by atoms with E-state index in [9.17, 15) is 4.79 Å². The van der Waals surface area contributed by atoms with E-state index in [4.69, 9.17) is 9.47 Å². The molecule has 0 aromatic heterocycles. The fourth-order valence-electron chi connectivity index (χ4n) is 3.31. The molecule has 0 saturated heterocycles. The second-order valence-electron chi connectivity index (χ2n) is 8.30. The number of ether oxygens (including phenoxy) is 2. The second-order valence-corrected chi connectivity index (χ2v) is 8.30. The topological polar surface area (TPSA) is 59.6 Å². The van der Waals surface area contributed by atoms with Gasteiger partial charge >= 0.3 is 0 Å². The zero-order chi connectivity index (χ0) is 21.6. The van der Waals surface area contributed by atoms with Gasteiger partial charge in [0.2, 0.25) is 0 Å². The van der Waals surface area contributed by atoms with Gasteiger partial charge < -0.3 is 20.1 Å². The lowest BCUT2D eigenvalue weighted by Gasteiger charge is -2.21. The van der Waals surface area contributed by atoms with Crippen molar-refractivity contribution in [1.29, 1.82) is 0 Å². The monoisotopic (exact) mass is 406 g/mol. The summed E-state index contributed by atoms with van der Waals surface area (Å²) in [6.45, 7) is 7.20. The maximum atomic E-state index is 12.2. The fourth-order valence-corrected chi connectivity index (χ4v) is 3.31. The average Bonchev–Trinajstić information content (AvgIpc) is 2.72. The van der Waals surface area contributed by atoms with Crippen LogP contribution >= 0.6 is 0 Å². The molecule has 0 aliphatic heterocycles. The Kier molecular flexibility index (Phi) is 6.95. The second kappa shape index (κ2) is 9.63. The molecule has 5 nitrogen and oxygen atoms in total. The quantitative estimate of drug-likeness (QED) is 0.581. The molecule has 158 valence electrons. The SMILES string of the molecule is COc1ccc(CNCc2c(OCC(=O)NC(C)(C)C)ccc3ccccc23)cc1. The number of nitrogens with one attached hydrogen (secondary N) is 2. The molecule has 0 radical (unpaired) electrons. The third-order valence-electron chi connectivity index (χ3n) is 4.66. The van der Waals surface area contributed by atoms with Gasteiger partial charge in [0.25, 0.3) is 5.91 Å². The first kappa shape index (κ1) is 21.7. The molecule has 30 heavy (non-hydrogen) atoms. The van der Waals surface area contributed by atoms with Crippen LogP contribution in [0.5, 0.6) is 11.5 Å². The summed E-state index contributed by atoms with van der Waals surface area (Å²) in [5, 5.41) is 8.69. The van der Waals surface area contributed by atoms with Crippen LogP contribution in [-0.2, 0) is 17.9 Å². The summed E-state index contributed by atoms with van der Waals surface area (Å²) >= 11 is 0. The lowest BCUT2D eigenvalue weighted by molar-refractivity contribution is -0.124. The van der Waals surface area contributed by atoms with Crippen molar-refractivity contribution in [2.45, 2.75) is 39.4 Å². The number of fused-ring (bicyclic) bond motifs is 1. The Balaban J connectivity index is 1.73. The molecule has 0 heterocycles. The van der Waals surface area contributed by atoms with Gasteiger partial charge in [0, 0.05) is 24.2 Å². The van der Waals surface area contributed by atoms with Crippen molar-refractivity contribution in [2.24, 2.45) is 0 Å². The third-order valence-corrected chi connectivity index (χ3v) is 4.66. The Morgan fingerprint density at radius 3 is 2.37 bits per heavy atom. The first-order valence-corrected chi connectivity index (χ1v) is 10.1. The predicted octanol–water partition coefficient (Wildman–Crippen LogP) is 4.43. The van der Waals surface area contributed by atoms with Gasteiger partial charge in [-0.15, -0.1) is 0 Å². The Hall–Kier alpha value is -3.05. The molecule has 0 aliphatic carbocycles. The van der Waals surface area contributed by atoms with E-state index in [1.165, 1.54) is 5.56 Å². The summed E-state index contributed by atoms with van der Waals surface area (Å²) < 4.78 is 11.1. The van der Waals surface area contributed by atoms with E-state index in [0.29, 0.717) is 6.54 Å². The Labute approximate surface area is 178 Å². The summed E-state index contributed by atoms with van der Waals surface area (Å²) in [7, 11) is 1.66. The number of hydrogen-bond acceptors (Lipinski definition) is 4. The van der Waals surface area contributed by atoms with Crippen molar-refractivity contribution in [2.75, 3.05) is 13.7 Å². The maximum absolute atomic E-state index is 12.2. The van der Waals surface area contributed by atoms with E-state index in [2.05, 4.69) is 22.8 Å². The summed E-state index contributed by atoms with van der Waals surface area (Å²) in [6.07, 6.45) is 0. The van der Waals surface area contributed by atoms with Crippen molar-refractivity contribution in [1.82, 2.24) is 10.6 Å². The van der Waals surface area contributed by atoms with Gasteiger partial charge in [-0.2, -0.15) is 0 Å². The Bertz CT molecular complexity index is 991. The molecule has 0 aliphatic rings. The van der Waals surface area contributed by atoms with Gasteiger partial charge in [-0.3, -0.25) is 4.79 Å². The van der Waals surface area contributed by atoms with Crippen LogP contribution in [-0.4, -0.2) is 25.2 Å². The normalized spacial score (nSPS) is 11.3. The van der Waals surface area contributed by atoms with E-state index in [0.717, 1.165) is 34.4 Å². The molecule has 0 fully saturated rings. The van der Waals surface area contributed by atoms with Crippen LogP contribution in [0.4, 0.5) is 0 Å². The standard InChI is InChI=1S/C25H30N2O3/c1-25(2,3)27-24(28)17-30-23-14-11-19-7-5-6-8-21(19)22(23)16-26-15-18-9-12-20(29-4)13-10-18/h5-14,26H,15-17H2,1-4H3,(H,27,28). The molecule has 1 amide bonds. The molecule has 0 saturated carbocycles.